The normalized spacial score (nSPS) is 12.6. The van der Waals surface area contributed by atoms with Gasteiger partial charge in [0.25, 0.3) is 0 Å². The molecule has 0 radical (unpaired) electrons. The fraction of sp³-hybridized carbons (Fsp3) is 0.957. The number of rotatable bonds is 14. The van der Waals surface area contributed by atoms with E-state index in [2.05, 4.69) is 55.4 Å². The molecule has 0 fully saturated rings. The van der Waals surface area contributed by atoms with Gasteiger partial charge in [-0.2, -0.15) is 0 Å². The molecule has 0 bridgehead atoms. The Morgan fingerprint density at radius 3 is 0.833 bits per heavy atom. The van der Waals surface area contributed by atoms with Crippen molar-refractivity contribution in [2.75, 3.05) is 0 Å². The molecular weight excluding hydrogens is 292 g/mol. The molecule has 144 valence electrons. The second kappa shape index (κ2) is 13.0. The van der Waals surface area contributed by atoms with Gasteiger partial charge in [-0.25, -0.2) is 0 Å². The highest BCUT2D eigenvalue weighted by molar-refractivity contribution is 5.83. The third-order valence-corrected chi connectivity index (χ3v) is 5.17. The highest BCUT2D eigenvalue weighted by Gasteiger charge is 2.27. The van der Waals surface area contributed by atoms with Crippen molar-refractivity contribution in [3.05, 3.63) is 0 Å². The van der Waals surface area contributed by atoms with Crippen molar-refractivity contribution >= 4 is 5.78 Å². The van der Waals surface area contributed by atoms with E-state index < -0.39 is 0 Å². The summed E-state index contributed by atoms with van der Waals surface area (Å²) in [6, 6.07) is 0. The zero-order valence-corrected chi connectivity index (χ0v) is 18.0. The maximum absolute atomic E-state index is 13.3. The minimum Gasteiger partial charge on any atom is -0.299 e. The van der Waals surface area contributed by atoms with Crippen LogP contribution in [0, 0.1) is 35.5 Å². The van der Waals surface area contributed by atoms with Gasteiger partial charge in [-0.3, -0.25) is 4.79 Å². The van der Waals surface area contributed by atoms with Gasteiger partial charge in [0.2, 0.25) is 0 Å². The first-order valence-electron chi connectivity index (χ1n) is 10.7. The molecule has 24 heavy (non-hydrogen) atoms. The lowest BCUT2D eigenvalue weighted by molar-refractivity contribution is -0.128. The Morgan fingerprint density at radius 1 is 0.458 bits per heavy atom. The second-order valence-electron chi connectivity index (χ2n) is 9.68. The van der Waals surface area contributed by atoms with E-state index in [0.29, 0.717) is 41.3 Å². The first-order chi connectivity index (χ1) is 11.1. The Kier molecular flexibility index (Phi) is 12.8. The molecule has 0 atom stereocenters. The highest BCUT2D eigenvalue weighted by atomic mass is 16.1. The van der Waals surface area contributed by atoms with Crippen LogP contribution in [0.4, 0.5) is 0 Å². The SMILES string of the molecule is CC(C)CCC(CCC(C)C)C(=O)C(CCC(C)C)CCC(C)C. The molecule has 0 unspecified atom stereocenters. The summed E-state index contributed by atoms with van der Waals surface area (Å²) >= 11 is 0. The summed E-state index contributed by atoms with van der Waals surface area (Å²) in [7, 11) is 0. The molecule has 0 N–H and O–H groups in total. The number of hydrogen-bond acceptors (Lipinski definition) is 1. The van der Waals surface area contributed by atoms with Gasteiger partial charge in [-0.15, -0.1) is 0 Å². The van der Waals surface area contributed by atoms with E-state index in [0.717, 1.165) is 25.7 Å². The molecule has 0 aromatic heterocycles. The smallest absolute Gasteiger partial charge is 0.139 e. The maximum atomic E-state index is 13.3. The molecule has 0 rings (SSSR count). The quantitative estimate of drug-likeness (QED) is 0.320. The molecule has 0 aliphatic carbocycles. The Balaban J connectivity index is 4.90. The highest BCUT2D eigenvalue weighted by Crippen LogP contribution is 2.29. The first-order valence-corrected chi connectivity index (χ1v) is 10.7. The fourth-order valence-electron chi connectivity index (χ4n) is 3.33. The Morgan fingerprint density at radius 2 is 0.667 bits per heavy atom. The summed E-state index contributed by atoms with van der Waals surface area (Å²) in [6.07, 6.45) is 9.16. The topological polar surface area (TPSA) is 17.1 Å². The number of Topliss-reactive ketones (excluding diaryl/α,β-unsaturated/α-hetero) is 1. The van der Waals surface area contributed by atoms with E-state index in [4.69, 9.17) is 0 Å². The molecule has 1 nitrogen and oxygen atoms in total. The Hall–Kier alpha value is -0.330. The van der Waals surface area contributed by atoms with Crippen molar-refractivity contribution in [1.82, 2.24) is 0 Å². The molecule has 1 heteroatoms. The zero-order chi connectivity index (χ0) is 18.7. The van der Waals surface area contributed by atoms with Gasteiger partial charge in [0, 0.05) is 11.8 Å². The number of carbonyl (C=O) groups excluding carboxylic acids is 1. The molecule has 0 aliphatic rings. The minimum absolute atomic E-state index is 0.305. The van der Waals surface area contributed by atoms with E-state index in [1.807, 2.05) is 0 Å². The molecule has 0 saturated carbocycles. The predicted octanol–water partition coefficient (Wildman–Crippen LogP) is 7.53. The number of carbonyl (C=O) groups is 1. The van der Waals surface area contributed by atoms with E-state index in [9.17, 15) is 4.79 Å². The second-order valence-corrected chi connectivity index (χ2v) is 9.68. The lowest BCUT2D eigenvalue weighted by Crippen LogP contribution is -2.25. The van der Waals surface area contributed by atoms with Gasteiger partial charge in [-0.1, -0.05) is 81.1 Å². The van der Waals surface area contributed by atoms with Crippen LogP contribution in [0.2, 0.25) is 0 Å². The van der Waals surface area contributed by atoms with Crippen LogP contribution in [0.1, 0.15) is 107 Å². The van der Waals surface area contributed by atoms with Crippen molar-refractivity contribution in [3.8, 4) is 0 Å². The largest absolute Gasteiger partial charge is 0.299 e. The minimum atomic E-state index is 0.305. The van der Waals surface area contributed by atoms with Crippen molar-refractivity contribution < 1.29 is 4.79 Å². The molecule has 0 aromatic carbocycles. The molecule has 0 heterocycles. The van der Waals surface area contributed by atoms with Crippen molar-refractivity contribution in [3.63, 3.8) is 0 Å². The van der Waals surface area contributed by atoms with E-state index in [-0.39, 0.29) is 0 Å². The summed E-state index contributed by atoms with van der Waals surface area (Å²) < 4.78 is 0. The summed E-state index contributed by atoms with van der Waals surface area (Å²) in [6.45, 7) is 18.2. The lowest BCUT2D eigenvalue weighted by atomic mass is 9.79. The first kappa shape index (κ1) is 23.7. The molecule has 0 aromatic rings. The lowest BCUT2D eigenvalue weighted by Gasteiger charge is -2.25. The maximum Gasteiger partial charge on any atom is 0.139 e. The average Bonchev–Trinajstić information content (AvgIpc) is 2.45. The molecule has 0 saturated heterocycles. The third kappa shape index (κ3) is 12.1. The summed E-state index contributed by atoms with van der Waals surface area (Å²) in [5.41, 5.74) is 0. The van der Waals surface area contributed by atoms with Gasteiger partial charge in [0.15, 0.2) is 0 Å². The third-order valence-electron chi connectivity index (χ3n) is 5.17. The van der Waals surface area contributed by atoms with E-state index in [1.54, 1.807) is 0 Å². The van der Waals surface area contributed by atoms with E-state index >= 15 is 0 Å². The standard InChI is InChI=1S/C23H46O/c1-17(2)9-13-21(14-10-18(3)4)23(24)22(15-11-19(5)6)16-12-20(7)8/h17-22H,9-16H2,1-8H3. The molecule has 0 spiro atoms. The van der Waals surface area contributed by atoms with Gasteiger partial charge in [0.05, 0.1) is 0 Å². The monoisotopic (exact) mass is 338 g/mol. The van der Waals surface area contributed by atoms with Gasteiger partial charge in [0.1, 0.15) is 5.78 Å². The van der Waals surface area contributed by atoms with Crippen LogP contribution in [0.5, 0.6) is 0 Å². The molecule has 0 aliphatic heterocycles. The van der Waals surface area contributed by atoms with Crippen LogP contribution in [0.25, 0.3) is 0 Å². The number of hydrogen-bond donors (Lipinski definition) is 0. The van der Waals surface area contributed by atoms with Crippen LogP contribution in [0.15, 0.2) is 0 Å². The van der Waals surface area contributed by atoms with Crippen LogP contribution < -0.4 is 0 Å². The van der Waals surface area contributed by atoms with Crippen LogP contribution >= 0.6 is 0 Å². The average molecular weight is 339 g/mol. The number of ketones is 1. The summed E-state index contributed by atoms with van der Waals surface area (Å²) in [5, 5.41) is 0. The molecular formula is C23H46O. The Bertz CT molecular complexity index is 260. The van der Waals surface area contributed by atoms with Crippen molar-refractivity contribution in [2.45, 2.75) is 107 Å². The van der Waals surface area contributed by atoms with Crippen LogP contribution in [-0.2, 0) is 4.79 Å². The zero-order valence-electron chi connectivity index (χ0n) is 18.0. The van der Waals surface area contributed by atoms with Crippen LogP contribution in [-0.4, -0.2) is 5.78 Å². The van der Waals surface area contributed by atoms with Gasteiger partial charge >= 0.3 is 0 Å². The van der Waals surface area contributed by atoms with Crippen LogP contribution in [0.3, 0.4) is 0 Å². The predicted molar refractivity (Wildman–Crippen MR) is 108 cm³/mol. The summed E-state index contributed by atoms with van der Waals surface area (Å²) in [4.78, 5) is 13.3. The van der Waals surface area contributed by atoms with E-state index in [1.165, 1.54) is 25.7 Å². The summed E-state index contributed by atoms with van der Waals surface area (Å²) in [5.74, 6) is 4.00. The van der Waals surface area contributed by atoms with Crippen molar-refractivity contribution in [2.24, 2.45) is 35.5 Å². The Labute approximate surface area is 153 Å². The molecule has 0 amide bonds. The van der Waals surface area contributed by atoms with Gasteiger partial charge < -0.3 is 0 Å². The van der Waals surface area contributed by atoms with Gasteiger partial charge in [-0.05, 0) is 49.4 Å². The van der Waals surface area contributed by atoms with Crippen molar-refractivity contribution in [1.29, 1.82) is 0 Å². The fourth-order valence-corrected chi connectivity index (χ4v) is 3.33.